The molecule has 4 rings (SSSR count). The van der Waals surface area contributed by atoms with E-state index in [1.165, 1.54) is 11.3 Å². The lowest BCUT2D eigenvalue weighted by molar-refractivity contribution is 0.0551. The molecule has 4 heterocycles. The summed E-state index contributed by atoms with van der Waals surface area (Å²) < 4.78 is 0. The zero-order valence-corrected chi connectivity index (χ0v) is 13.7. The number of likely N-dealkylation sites (tertiary alicyclic amines) is 1. The molecule has 0 saturated carbocycles. The van der Waals surface area contributed by atoms with Crippen LogP contribution in [-0.2, 0) is 0 Å². The van der Waals surface area contributed by atoms with Crippen LogP contribution < -0.4 is 4.90 Å². The first-order chi connectivity index (χ1) is 11.3. The maximum atomic E-state index is 12.6. The fraction of sp³-hybridized carbons (Fsp3) is 0.500. The summed E-state index contributed by atoms with van der Waals surface area (Å²) in [6.45, 7) is 3.53. The number of nitrogens with zero attached hydrogens (tertiary/aromatic N) is 5. The Morgan fingerprint density at radius 1 is 1.13 bits per heavy atom. The summed E-state index contributed by atoms with van der Waals surface area (Å²) in [6, 6.07) is 1.84. The standard InChI is InChI=1S/C16H19N5OS/c22-14(13-9-23-12-19-13)20-7-1-3-16(10-20)4-8-21(11-16)15-17-5-2-6-18-15/h2,5-6,9,12H,1,3-4,7-8,10-11H2/t16-/m1/s1. The minimum absolute atomic E-state index is 0.0692. The Balaban J connectivity index is 1.48. The summed E-state index contributed by atoms with van der Waals surface area (Å²) in [6.07, 6.45) is 6.88. The molecule has 2 aromatic heterocycles. The van der Waals surface area contributed by atoms with Crippen LogP contribution in [0.4, 0.5) is 5.95 Å². The second-order valence-electron chi connectivity index (χ2n) is 6.42. The molecule has 1 spiro atoms. The van der Waals surface area contributed by atoms with Crippen LogP contribution in [0.25, 0.3) is 0 Å². The minimum atomic E-state index is 0.0692. The van der Waals surface area contributed by atoms with Gasteiger partial charge in [0.2, 0.25) is 5.95 Å². The average Bonchev–Trinajstić information content (AvgIpc) is 3.26. The van der Waals surface area contributed by atoms with Gasteiger partial charge < -0.3 is 9.80 Å². The van der Waals surface area contributed by atoms with Crippen molar-refractivity contribution in [2.45, 2.75) is 19.3 Å². The van der Waals surface area contributed by atoms with Crippen LogP contribution in [0.3, 0.4) is 0 Å². The zero-order valence-electron chi connectivity index (χ0n) is 12.9. The largest absolute Gasteiger partial charge is 0.340 e. The average molecular weight is 329 g/mol. The molecule has 1 amide bonds. The maximum absolute atomic E-state index is 12.6. The number of aromatic nitrogens is 3. The zero-order chi connectivity index (χ0) is 15.7. The van der Waals surface area contributed by atoms with Crippen LogP contribution in [0.5, 0.6) is 0 Å². The van der Waals surface area contributed by atoms with Crippen LogP contribution in [0, 0.1) is 5.41 Å². The summed E-state index contributed by atoms with van der Waals surface area (Å²) in [5, 5.41) is 1.84. The number of carbonyl (C=O) groups is 1. The van der Waals surface area contributed by atoms with Crippen LogP contribution in [0.2, 0.25) is 0 Å². The second kappa shape index (κ2) is 5.88. The molecule has 7 heteroatoms. The van der Waals surface area contributed by atoms with Gasteiger partial charge in [0, 0.05) is 49.4 Å². The molecule has 0 aliphatic carbocycles. The molecule has 0 N–H and O–H groups in total. The molecule has 120 valence electrons. The lowest BCUT2D eigenvalue weighted by atomic mass is 9.79. The molecule has 23 heavy (non-hydrogen) atoms. The highest BCUT2D eigenvalue weighted by Gasteiger charge is 2.43. The Kier molecular flexibility index (Phi) is 3.72. The molecule has 2 aliphatic rings. The third kappa shape index (κ3) is 2.81. The van der Waals surface area contributed by atoms with Gasteiger partial charge in [-0.25, -0.2) is 15.0 Å². The third-order valence-electron chi connectivity index (χ3n) is 4.87. The summed E-state index contributed by atoms with van der Waals surface area (Å²) in [5.41, 5.74) is 2.47. The molecule has 0 unspecified atom stereocenters. The van der Waals surface area contributed by atoms with Crippen molar-refractivity contribution in [3.05, 3.63) is 35.0 Å². The van der Waals surface area contributed by atoms with Crippen molar-refractivity contribution in [1.82, 2.24) is 19.9 Å². The Morgan fingerprint density at radius 3 is 2.78 bits per heavy atom. The van der Waals surface area contributed by atoms with E-state index in [-0.39, 0.29) is 11.3 Å². The highest BCUT2D eigenvalue weighted by molar-refractivity contribution is 7.07. The topological polar surface area (TPSA) is 62.2 Å². The van der Waals surface area contributed by atoms with E-state index in [1.54, 1.807) is 17.9 Å². The predicted molar refractivity (Wildman–Crippen MR) is 88.5 cm³/mol. The van der Waals surface area contributed by atoms with Crippen molar-refractivity contribution in [3.8, 4) is 0 Å². The fourth-order valence-electron chi connectivity index (χ4n) is 3.75. The van der Waals surface area contributed by atoms with Gasteiger partial charge in [0.1, 0.15) is 5.69 Å². The predicted octanol–water partition coefficient (Wildman–Crippen LogP) is 2.07. The number of rotatable bonds is 2. The van der Waals surface area contributed by atoms with Crippen LogP contribution in [0.15, 0.2) is 29.4 Å². The number of piperidine rings is 1. The highest BCUT2D eigenvalue weighted by Crippen LogP contribution is 2.40. The highest BCUT2D eigenvalue weighted by atomic mass is 32.1. The number of hydrogen-bond donors (Lipinski definition) is 0. The molecule has 2 fully saturated rings. The van der Waals surface area contributed by atoms with Crippen molar-refractivity contribution in [1.29, 1.82) is 0 Å². The van der Waals surface area contributed by atoms with Gasteiger partial charge in [-0.2, -0.15) is 0 Å². The van der Waals surface area contributed by atoms with Gasteiger partial charge in [-0.05, 0) is 25.3 Å². The van der Waals surface area contributed by atoms with Gasteiger partial charge in [0.05, 0.1) is 5.51 Å². The Bertz CT molecular complexity index is 677. The van der Waals surface area contributed by atoms with Crippen molar-refractivity contribution in [3.63, 3.8) is 0 Å². The molecule has 2 saturated heterocycles. The molecule has 0 bridgehead atoms. The first-order valence-corrected chi connectivity index (χ1v) is 8.90. The van der Waals surface area contributed by atoms with Crippen molar-refractivity contribution in [2.24, 2.45) is 5.41 Å². The smallest absolute Gasteiger partial charge is 0.273 e. The van der Waals surface area contributed by atoms with Gasteiger partial charge in [-0.15, -0.1) is 11.3 Å². The molecule has 0 aromatic carbocycles. The van der Waals surface area contributed by atoms with Gasteiger partial charge in [-0.3, -0.25) is 4.79 Å². The van der Waals surface area contributed by atoms with Crippen molar-refractivity contribution < 1.29 is 4.79 Å². The van der Waals surface area contributed by atoms with Crippen molar-refractivity contribution in [2.75, 3.05) is 31.1 Å². The first-order valence-electron chi connectivity index (χ1n) is 7.95. The quantitative estimate of drug-likeness (QED) is 0.844. The summed E-state index contributed by atoms with van der Waals surface area (Å²) in [4.78, 5) is 29.7. The normalized spacial score (nSPS) is 24.3. The monoisotopic (exact) mass is 329 g/mol. The van der Waals surface area contributed by atoms with Gasteiger partial charge in [0.25, 0.3) is 5.91 Å². The van der Waals surface area contributed by atoms with E-state index >= 15 is 0 Å². The van der Waals surface area contributed by atoms with E-state index in [2.05, 4.69) is 19.9 Å². The minimum Gasteiger partial charge on any atom is -0.340 e. The summed E-state index contributed by atoms with van der Waals surface area (Å²) >= 11 is 1.47. The first kappa shape index (κ1) is 14.6. The van der Waals surface area contributed by atoms with Gasteiger partial charge in [-0.1, -0.05) is 0 Å². The second-order valence-corrected chi connectivity index (χ2v) is 7.14. The molecular weight excluding hydrogens is 310 g/mol. The van der Waals surface area contributed by atoms with E-state index in [9.17, 15) is 4.79 Å². The Hall–Kier alpha value is -2.02. The summed E-state index contributed by atoms with van der Waals surface area (Å²) in [5.74, 6) is 0.868. The number of amides is 1. The molecule has 1 atom stereocenters. The number of carbonyl (C=O) groups excluding carboxylic acids is 1. The SMILES string of the molecule is O=C(c1cscn1)N1CCC[C@@]2(CCN(c3ncccn3)C2)C1. The molecule has 6 nitrogen and oxygen atoms in total. The third-order valence-corrected chi connectivity index (χ3v) is 5.46. The van der Waals surface area contributed by atoms with E-state index < -0.39 is 0 Å². The lowest BCUT2D eigenvalue weighted by Crippen LogP contribution is -2.47. The Morgan fingerprint density at radius 2 is 2.00 bits per heavy atom. The lowest BCUT2D eigenvalue weighted by Gasteiger charge is -2.40. The molecule has 2 aliphatic heterocycles. The molecular formula is C16H19N5OS. The van der Waals surface area contributed by atoms with Crippen LogP contribution in [0.1, 0.15) is 29.8 Å². The van der Waals surface area contributed by atoms with Crippen LogP contribution in [-0.4, -0.2) is 51.9 Å². The van der Waals surface area contributed by atoms with Crippen molar-refractivity contribution >= 4 is 23.2 Å². The number of hydrogen-bond acceptors (Lipinski definition) is 6. The van der Waals surface area contributed by atoms with Gasteiger partial charge >= 0.3 is 0 Å². The van der Waals surface area contributed by atoms with E-state index in [4.69, 9.17) is 0 Å². The van der Waals surface area contributed by atoms with Crippen LogP contribution >= 0.6 is 11.3 Å². The maximum Gasteiger partial charge on any atom is 0.273 e. The van der Waals surface area contributed by atoms with E-state index in [0.29, 0.717) is 5.69 Å². The number of thiazole rings is 1. The molecule has 2 aromatic rings. The summed E-state index contributed by atoms with van der Waals surface area (Å²) in [7, 11) is 0. The number of anilines is 1. The van der Waals surface area contributed by atoms with Gasteiger partial charge in [0.15, 0.2) is 0 Å². The Labute approximate surface area is 139 Å². The van der Waals surface area contributed by atoms with E-state index in [1.807, 2.05) is 16.3 Å². The molecule has 0 radical (unpaired) electrons. The van der Waals surface area contributed by atoms with E-state index in [0.717, 1.165) is 51.4 Å². The fourth-order valence-corrected chi connectivity index (χ4v) is 4.28.